The lowest BCUT2D eigenvalue weighted by atomic mass is 9.97. The number of ether oxygens (including phenoxy) is 2. The van der Waals surface area contributed by atoms with Crippen molar-refractivity contribution >= 4 is 23.1 Å². The molecular weight excluding hydrogens is 356 g/mol. The Morgan fingerprint density at radius 3 is 2.25 bits per heavy atom. The molecule has 1 heterocycles. The molecular formula is C22H24N2O4. The maximum absolute atomic E-state index is 13.0. The van der Waals surface area contributed by atoms with E-state index < -0.39 is 0 Å². The number of benzene rings is 2. The fourth-order valence-corrected chi connectivity index (χ4v) is 3.38. The first kappa shape index (κ1) is 19.5. The zero-order chi connectivity index (χ0) is 20.4. The van der Waals surface area contributed by atoms with E-state index in [1.165, 1.54) is 4.90 Å². The van der Waals surface area contributed by atoms with Crippen molar-refractivity contribution in [3.8, 4) is 11.5 Å². The van der Waals surface area contributed by atoms with Gasteiger partial charge in [0, 0.05) is 18.3 Å². The van der Waals surface area contributed by atoms with E-state index in [9.17, 15) is 9.59 Å². The summed E-state index contributed by atoms with van der Waals surface area (Å²) in [5.74, 6) is 0.491. The molecule has 0 radical (unpaired) electrons. The van der Waals surface area contributed by atoms with Gasteiger partial charge in [-0.3, -0.25) is 14.5 Å². The van der Waals surface area contributed by atoms with Crippen LogP contribution in [0.5, 0.6) is 11.5 Å². The first-order valence-corrected chi connectivity index (χ1v) is 9.08. The highest BCUT2D eigenvalue weighted by atomic mass is 16.5. The van der Waals surface area contributed by atoms with Crippen LogP contribution in [0.4, 0.5) is 5.69 Å². The number of carbonyl (C=O) groups is 2. The number of anilines is 1. The van der Waals surface area contributed by atoms with E-state index in [-0.39, 0.29) is 17.5 Å². The van der Waals surface area contributed by atoms with Gasteiger partial charge >= 0.3 is 0 Å². The van der Waals surface area contributed by atoms with Crippen molar-refractivity contribution in [3.05, 3.63) is 58.8 Å². The summed E-state index contributed by atoms with van der Waals surface area (Å²) in [6, 6.07) is 11.1. The maximum Gasteiger partial charge on any atom is 0.278 e. The van der Waals surface area contributed by atoms with Crippen LogP contribution in [0.2, 0.25) is 0 Å². The molecule has 3 rings (SSSR count). The summed E-state index contributed by atoms with van der Waals surface area (Å²) in [5.41, 5.74) is 4.09. The summed E-state index contributed by atoms with van der Waals surface area (Å²) in [6.07, 6.45) is 0. The SMILES string of the molecule is CCN1C(=O)C(Nc2ccc(OC)c(OC)c2)=C(c2ccc(C)cc2C)C1=O. The molecule has 2 aromatic carbocycles. The molecule has 6 heteroatoms. The zero-order valence-corrected chi connectivity index (χ0v) is 16.8. The third-order valence-corrected chi connectivity index (χ3v) is 4.79. The van der Waals surface area contributed by atoms with Gasteiger partial charge in [-0.15, -0.1) is 0 Å². The molecule has 0 spiro atoms. The van der Waals surface area contributed by atoms with Crippen molar-refractivity contribution in [2.24, 2.45) is 0 Å². The third kappa shape index (κ3) is 3.33. The van der Waals surface area contributed by atoms with E-state index in [0.29, 0.717) is 29.3 Å². The molecule has 1 aliphatic rings. The Labute approximate surface area is 164 Å². The third-order valence-electron chi connectivity index (χ3n) is 4.79. The van der Waals surface area contributed by atoms with Crippen LogP contribution >= 0.6 is 0 Å². The number of aryl methyl sites for hydroxylation is 2. The molecule has 0 aromatic heterocycles. The molecule has 2 aromatic rings. The van der Waals surface area contributed by atoms with Crippen LogP contribution in [0.3, 0.4) is 0 Å². The number of hydrogen-bond donors (Lipinski definition) is 1. The highest BCUT2D eigenvalue weighted by molar-refractivity contribution is 6.36. The molecule has 0 bridgehead atoms. The smallest absolute Gasteiger partial charge is 0.278 e. The Balaban J connectivity index is 2.11. The quantitative estimate of drug-likeness (QED) is 0.777. The average Bonchev–Trinajstić information content (AvgIpc) is 2.91. The highest BCUT2D eigenvalue weighted by Crippen LogP contribution is 2.35. The van der Waals surface area contributed by atoms with Gasteiger partial charge in [0.15, 0.2) is 11.5 Å². The van der Waals surface area contributed by atoms with Gasteiger partial charge in [0.1, 0.15) is 5.70 Å². The number of carbonyl (C=O) groups excluding carboxylic acids is 2. The van der Waals surface area contributed by atoms with Gasteiger partial charge in [0.05, 0.1) is 19.8 Å². The molecule has 1 N–H and O–H groups in total. The van der Waals surface area contributed by atoms with Crippen molar-refractivity contribution in [2.45, 2.75) is 20.8 Å². The number of methoxy groups -OCH3 is 2. The number of nitrogens with one attached hydrogen (secondary N) is 1. The Hall–Kier alpha value is -3.28. The van der Waals surface area contributed by atoms with Gasteiger partial charge in [0.2, 0.25) is 0 Å². The summed E-state index contributed by atoms with van der Waals surface area (Å²) < 4.78 is 10.6. The lowest BCUT2D eigenvalue weighted by Crippen LogP contribution is -2.32. The standard InChI is InChI=1S/C22H24N2O4/c1-6-24-21(25)19(16-9-7-13(2)11-14(16)3)20(22(24)26)23-15-8-10-17(27-4)18(12-15)28-5/h7-12,23H,6H2,1-5H3. The van der Waals surface area contributed by atoms with E-state index >= 15 is 0 Å². The predicted octanol–water partition coefficient (Wildman–Crippen LogP) is 3.53. The van der Waals surface area contributed by atoms with Crippen LogP contribution in [0.1, 0.15) is 23.6 Å². The fourth-order valence-electron chi connectivity index (χ4n) is 3.38. The lowest BCUT2D eigenvalue weighted by Gasteiger charge is -2.13. The first-order chi connectivity index (χ1) is 13.4. The number of likely N-dealkylation sites (N-methyl/N-ethyl adjacent to an activating group) is 1. The molecule has 0 unspecified atom stereocenters. The van der Waals surface area contributed by atoms with Gasteiger partial charge < -0.3 is 14.8 Å². The monoisotopic (exact) mass is 380 g/mol. The lowest BCUT2D eigenvalue weighted by molar-refractivity contribution is -0.136. The Bertz CT molecular complexity index is 978. The van der Waals surface area contributed by atoms with E-state index in [2.05, 4.69) is 5.32 Å². The van der Waals surface area contributed by atoms with Crippen molar-refractivity contribution in [2.75, 3.05) is 26.1 Å². The first-order valence-electron chi connectivity index (χ1n) is 9.08. The summed E-state index contributed by atoms with van der Waals surface area (Å²) in [6.45, 7) is 6.03. The number of imide groups is 1. The Kier molecular flexibility index (Phi) is 5.40. The van der Waals surface area contributed by atoms with Crippen LogP contribution in [0.25, 0.3) is 5.57 Å². The van der Waals surface area contributed by atoms with Gasteiger partial charge in [-0.25, -0.2) is 0 Å². The second-order valence-electron chi connectivity index (χ2n) is 6.62. The maximum atomic E-state index is 13.0. The zero-order valence-electron chi connectivity index (χ0n) is 16.8. The van der Waals surface area contributed by atoms with Gasteiger partial charge in [-0.2, -0.15) is 0 Å². The number of hydrogen-bond acceptors (Lipinski definition) is 5. The minimum absolute atomic E-state index is 0.269. The minimum atomic E-state index is -0.336. The summed E-state index contributed by atoms with van der Waals surface area (Å²) in [7, 11) is 3.11. The van der Waals surface area contributed by atoms with E-state index in [4.69, 9.17) is 9.47 Å². The highest BCUT2D eigenvalue weighted by Gasteiger charge is 2.38. The summed E-state index contributed by atoms with van der Waals surface area (Å²) in [4.78, 5) is 27.1. The molecule has 146 valence electrons. The average molecular weight is 380 g/mol. The van der Waals surface area contributed by atoms with E-state index in [1.807, 2.05) is 32.0 Å². The van der Waals surface area contributed by atoms with Crippen LogP contribution < -0.4 is 14.8 Å². The molecule has 0 atom stereocenters. The largest absolute Gasteiger partial charge is 0.493 e. The van der Waals surface area contributed by atoms with Crippen molar-refractivity contribution in [1.29, 1.82) is 0 Å². The van der Waals surface area contributed by atoms with Crippen molar-refractivity contribution in [3.63, 3.8) is 0 Å². The molecule has 6 nitrogen and oxygen atoms in total. The second kappa shape index (κ2) is 7.76. The second-order valence-corrected chi connectivity index (χ2v) is 6.62. The molecule has 2 amide bonds. The minimum Gasteiger partial charge on any atom is -0.493 e. The summed E-state index contributed by atoms with van der Waals surface area (Å²) >= 11 is 0. The fraction of sp³-hybridized carbons (Fsp3) is 0.273. The van der Waals surface area contributed by atoms with Gasteiger partial charge in [-0.05, 0) is 44.0 Å². The van der Waals surface area contributed by atoms with Crippen LogP contribution in [-0.2, 0) is 9.59 Å². The van der Waals surface area contributed by atoms with Gasteiger partial charge in [-0.1, -0.05) is 23.8 Å². The van der Waals surface area contributed by atoms with Crippen molar-refractivity contribution < 1.29 is 19.1 Å². The van der Waals surface area contributed by atoms with Crippen LogP contribution in [0, 0.1) is 13.8 Å². The molecule has 0 saturated carbocycles. The summed E-state index contributed by atoms with van der Waals surface area (Å²) in [5, 5.41) is 3.13. The number of nitrogens with zero attached hydrogens (tertiary/aromatic N) is 1. The molecule has 1 aliphatic heterocycles. The van der Waals surface area contributed by atoms with Gasteiger partial charge in [0.25, 0.3) is 11.8 Å². The molecule has 0 saturated heterocycles. The van der Waals surface area contributed by atoms with Crippen molar-refractivity contribution in [1.82, 2.24) is 4.90 Å². The van der Waals surface area contributed by atoms with E-state index in [0.717, 1.165) is 16.7 Å². The molecule has 0 fully saturated rings. The normalized spacial score (nSPS) is 14.0. The van der Waals surface area contributed by atoms with Crippen LogP contribution in [-0.4, -0.2) is 37.5 Å². The number of rotatable bonds is 6. The Morgan fingerprint density at radius 1 is 0.929 bits per heavy atom. The van der Waals surface area contributed by atoms with Crippen LogP contribution in [0.15, 0.2) is 42.1 Å². The van der Waals surface area contributed by atoms with E-state index in [1.54, 1.807) is 39.3 Å². The predicted molar refractivity (Wildman–Crippen MR) is 108 cm³/mol. The molecule has 0 aliphatic carbocycles. The molecule has 28 heavy (non-hydrogen) atoms. The Morgan fingerprint density at radius 2 is 1.64 bits per heavy atom. The topological polar surface area (TPSA) is 67.9 Å². The number of amides is 2.